The fourth-order valence-corrected chi connectivity index (χ4v) is 23.2. The Morgan fingerprint density at radius 2 is 0.815 bits per heavy atom. The van der Waals surface area contributed by atoms with E-state index in [1.165, 1.54) is 42.5 Å². The van der Waals surface area contributed by atoms with E-state index in [4.69, 9.17) is 83.8 Å². The van der Waals surface area contributed by atoms with Crippen molar-refractivity contribution in [1.82, 2.24) is 52.2 Å². The lowest BCUT2D eigenvalue weighted by atomic mass is 9.38. The monoisotopic (exact) mass is 2090 g/mol. The molecule has 0 aliphatic heterocycles. The summed E-state index contributed by atoms with van der Waals surface area (Å²) in [5, 5.41) is 30.4. The third-order valence-corrected chi connectivity index (χ3v) is 30.2. The van der Waals surface area contributed by atoms with Gasteiger partial charge in [0.15, 0.2) is 42.9 Å². The van der Waals surface area contributed by atoms with Crippen molar-refractivity contribution in [3.63, 3.8) is 0 Å². The lowest BCUT2D eigenvalue weighted by Crippen LogP contribution is -2.84. The molecule has 15 fully saturated rings. The number of hydrogen-bond donors (Lipinski definition) is 7. The molecule has 0 unspecified atom stereocenters. The number of ketones is 4. The van der Waals surface area contributed by atoms with Crippen LogP contribution in [-0.2, 0) is 30.4 Å². The predicted molar refractivity (Wildman–Crippen MR) is 522 cm³/mol. The fraction of sp³-hybridized carbons (Fsp3) is 0.393. The summed E-state index contributed by atoms with van der Waals surface area (Å²) in [5.41, 5.74) is 4.23. The van der Waals surface area contributed by atoms with Crippen LogP contribution in [-0.4, -0.2) is 159 Å². The van der Waals surface area contributed by atoms with E-state index in [-0.39, 0.29) is 191 Å². The van der Waals surface area contributed by atoms with Crippen LogP contribution in [0.3, 0.4) is 0 Å². The number of nitrogens with zero attached hydrogens (tertiary/aromatic N) is 3. The smallest absolute Gasteiger partial charge is 0.497 e. The lowest BCUT2D eigenvalue weighted by molar-refractivity contribution is -0.274. The highest BCUT2D eigenvalue weighted by molar-refractivity contribution is 6.32. The van der Waals surface area contributed by atoms with Gasteiger partial charge in [-0.1, -0.05) is 64.6 Å². The Morgan fingerprint density at radius 3 is 1.25 bits per heavy atom. The largest absolute Gasteiger partial charge is 0.573 e. The van der Waals surface area contributed by atoms with Gasteiger partial charge >= 0.3 is 6.36 Å². The number of aryl methyl sites for hydroxylation is 5. The third-order valence-electron chi connectivity index (χ3n) is 28.7. The van der Waals surface area contributed by atoms with Crippen molar-refractivity contribution in [3.05, 3.63) is 270 Å². The van der Waals surface area contributed by atoms with Crippen LogP contribution < -0.4 is 65.1 Å². The number of halogens is 10. The molecule has 15 saturated carbocycles. The van der Waals surface area contributed by atoms with Gasteiger partial charge in [0.05, 0.1) is 22.8 Å². The number of hydrogen-bond acceptors (Lipinski definition) is 22. The van der Waals surface area contributed by atoms with Crippen LogP contribution in [0.1, 0.15) is 209 Å². The molecular formula is C107H104Cl4F6N10O19. The van der Waals surface area contributed by atoms with Crippen molar-refractivity contribution < 1.29 is 116 Å². The summed E-state index contributed by atoms with van der Waals surface area (Å²) >= 11 is 23.2. The van der Waals surface area contributed by atoms with E-state index in [1.807, 2.05) is 52.0 Å². The number of nitrogens with one attached hydrogen (secondary N) is 7. The first-order chi connectivity index (χ1) is 69.2. The number of methoxy groups -OCH3 is 1. The maximum atomic E-state index is 13.6. The standard InChI is InChI=1S/C24H23FN2O5.C23H21ClF3NO4.C21H20ClFN2O3.C20H20ClFN2O4.C19H20ClN3O3/c1-14-3-4-17(9-18(14)25)31-10-21(28)26-23-11-24(12-23,13-23)27-22(29)20-8-15-7-16(30-2)5-6-19(15)32-20;1-14-8-18(6-7-19(14)24)31-10-16(29)9-21-11-22(12-21,13-21)28-20(30)15-2-4-17(5-3-15)32-23(25,26)27;1-13-2-3-14(8-24-13)18(26)7-20-10-21(11-20,12-20)25-19(27)9-28-15-4-5-16(22)17(23)6-15;1-2-12-5-17(28-24-12)16(25)7-19-9-20(10-19,11-19)23-18(26)8-27-13-3-4-14(21)15(22)6-13;1-12-6-14(2-3-15(12)20)26-8-13(24)7-18-9-19(10-18,11-18)22-17(25)16-4-5-21-23-16/h3-9H,10-13H2,1-2H3,(H,26,28)(H,27,29);2-8H,9-13H2,1H3,(H,28,30);2-6,8H,7,9-12H2,1H3,(H,25,27);3-6H,2,7-11H2,1H3,(H,23,26);2-6H,7-11H2,1H3,(H,21,23)(H,22,25). The Balaban J connectivity index is 0.000000125. The first-order valence-electron chi connectivity index (χ1n) is 47.4. The molecule has 29 nitrogen and oxygen atoms in total. The second-order valence-corrected chi connectivity index (χ2v) is 42.7. The number of H-pyrrole nitrogens is 1. The maximum absolute atomic E-state index is 13.6. The number of alkyl halides is 3. The number of aromatic amines is 1. The van der Waals surface area contributed by atoms with Crippen molar-refractivity contribution in [2.45, 2.75) is 203 Å². The Labute approximate surface area is 854 Å². The van der Waals surface area contributed by atoms with Gasteiger partial charge in [-0.05, 0) is 302 Å². The van der Waals surface area contributed by atoms with Crippen molar-refractivity contribution in [1.29, 1.82) is 0 Å². The number of pyridine rings is 1. The number of rotatable bonds is 37. The maximum Gasteiger partial charge on any atom is 0.573 e. The normalized spacial score (nSPS) is 24.3. The third kappa shape index (κ3) is 23.9. The molecule has 0 radical (unpaired) electrons. The highest BCUT2D eigenvalue weighted by atomic mass is 35.5. The molecule has 766 valence electrons. The number of carbonyl (C=O) groups is 10. The molecule has 146 heavy (non-hydrogen) atoms. The Bertz CT molecular complexity index is 6820. The van der Waals surface area contributed by atoms with Gasteiger partial charge in [-0.2, -0.15) is 5.10 Å². The first kappa shape index (κ1) is 104. The van der Waals surface area contributed by atoms with Gasteiger partial charge in [-0.15, -0.1) is 13.2 Å². The van der Waals surface area contributed by atoms with Gasteiger partial charge in [-0.25, -0.2) is 13.2 Å². The predicted octanol–water partition coefficient (Wildman–Crippen LogP) is 19.4. The number of benzene rings is 7. The summed E-state index contributed by atoms with van der Waals surface area (Å²) in [6, 6.07) is 42.0. The van der Waals surface area contributed by atoms with Crippen molar-refractivity contribution >= 4 is 116 Å². The molecule has 15 aliphatic carbocycles. The van der Waals surface area contributed by atoms with Crippen LogP contribution in [0.2, 0.25) is 20.1 Å². The van der Waals surface area contributed by atoms with Gasteiger partial charge in [0.2, 0.25) is 11.5 Å². The number of amides is 6. The number of aromatic nitrogens is 4. The average Bonchev–Trinajstić information content (AvgIpc) is 0.904. The van der Waals surface area contributed by atoms with E-state index in [0.29, 0.717) is 125 Å². The summed E-state index contributed by atoms with van der Waals surface area (Å²) in [5.74, 6) is -0.0409. The molecule has 11 aromatic rings. The minimum atomic E-state index is -4.78. The Hall–Kier alpha value is -13.5. The van der Waals surface area contributed by atoms with E-state index in [9.17, 15) is 74.3 Å². The van der Waals surface area contributed by atoms with Crippen LogP contribution >= 0.6 is 46.4 Å². The van der Waals surface area contributed by atoms with Crippen LogP contribution in [0, 0.1) is 66.8 Å². The van der Waals surface area contributed by atoms with Crippen LogP contribution in [0.5, 0.6) is 40.2 Å². The summed E-state index contributed by atoms with van der Waals surface area (Å²) in [7, 11) is 1.58. The van der Waals surface area contributed by atoms with E-state index in [2.05, 4.69) is 57.0 Å². The zero-order chi connectivity index (χ0) is 104. The highest BCUT2D eigenvalue weighted by Gasteiger charge is 2.73. The number of carbonyl (C=O) groups excluding carboxylic acids is 10. The van der Waals surface area contributed by atoms with Gasteiger partial charge in [-0.3, -0.25) is 58.0 Å². The van der Waals surface area contributed by atoms with Gasteiger partial charge in [0.25, 0.3) is 35.4 Å². The first-order valence-corrected chi connectivity index (χ1v) is 48.9. The molecule has 7 aromatic carbocycles. The molecule has 26 rings (SSSR count). The van der Waals surface area contributed by atoms with Gasteiger partial charge < -0.3 is 74.0 Å². The molecule has 0 atom stereocenters. The lowest BCUT2D eigenvalue weighted by Gasteiger charge is -2.70. The second kappa shape index (κ2) is 41.1. The molecular weight excluding hydrogens is 1990 g/mol. The number of furan rings is 1. The molecule has 6 amide bonds. The van der Waals surface area contributed by atoms with E-state index < -0.39 is 18.0 Å². The summed E-state index contributed by atoms with van der Waals surface area (Å²) in [6.07, 6.45) is 12.2. The van der Waals surface area contributed by atoms with Gasteiger partial charge in [0.1, 0.15) is 82.2 Å². The molecule has 0 spiro atoms. The molecule has 15 aliphatic rings. The van der Waals surface area contributed by atoms with Gasteiger partial charge in [0, 0.05) is 128 Å². The zero-order valence-corrected chi connectivity index (χ0v) is 83.3. The van der Waals surface area contributed by atoms with E-state index in [0.717, 1.165) is 116 Å². The minimum absolute atomic E-state index is 0.00163. The summed E-state index contributed by atoms with van der Waals surface area (Å²) in [4.78, 5) is 127. The molecule has 39 heteroatoms. The molecule has 4 aromatic heterocycles. The van der Waals surface area contributed by atoms with Crippen LogP contribution in [0.25, 0.3) is 11.0 Å². The zero-order valence-electron chi connectivity index (χ0n) is 80.3. The molecule has 10 bridgehead atoms. The van der Waals surface area contributed by atoms with E-state index >= 15 is 0 Å². The van der Waals surface area contributed by atoms with Crippen molar-refractivity contribution in [3.8, 4) is 40.2 Å². The fourth-order valence-electron chi connectivity index (χ4n) is 22.7. The summed E-state index contributed by atoms with van der Waals surface area (Å²) in [6.45, 7) is 8.72. The topological polar surface area (TPSA) is 388 Å². The van der Waals surface area contributed by atoms with Crippen LogP contribution in [0.15, 0.2) is 185 Å². The number of ether oxygens (including phenoxy) is 7. The second-order valence-electron chi connectivity index (χ2n) is 41.1. The van der Waals surface area contributed by atoms with Crippen molar-refractivity contribution in [2.75, 3.05) is 40.1 Å². The average molecular weight is 2090 g/mol. The van der Waals surface area contributed by atoms with Crippen molar-refractivity contribution in [2.24, 2.45) is 21.7 Å². The Morgan fingerprint density at radius 1 is 0.404 bits per heavy atom. The number of Topliss-reactive ketones (excluding diaryl/α,β-unsaturated/α-hetero) is 4. The minimum Gasteiger partial charge on any atom is -0.497 e. The quantitative estimate of drug-likeness (QED) is 0.0140. The number of fused-ring (bicyclic) bond motifs is 1. The summed E-state index contributed by atoms with van der Waals surface area (Å²) < 4.78 is 124. The van der Waals surface area contributed by atoms with E-state index in [1.54, 1.807) is 99.2 Å². The van der Waals surface area contributed by atoms with Crippen LogP contribution in [0.4, 0.5) is 26.3 Å². The SMILES string of the molecule is CCc1cc(C(=O)CC23CC(NC(=O)COc4ccc(Cl)c(F)c4)(C2)C3)on1.COc1ccc2oc(C(=O)NC34CC(NC(=O)COc5ccc(C)c(F)c5)(C3)C4)cc2c1.Cc1cc(OCC(=O)CC23CC(NC(=O)c4ccc(OC(F)(F)F)cc4)(C2)C3)ccc1Cl.Cc1cc(OCC(=O)CC23CC(NC(=O)c4ccn[nH]4)(C2)C3)ccc1Cl.Cc1ccc(C(=O)CC23CC(NC(=O)COc4ccc(Cl)c(F)c4)(C2)C3)cn1. The molecule has 0 saturated heterocycles. The molecule has 7 N–H and O–H groups in total. The highest BCUT2D eigenvalue weighted by Crippen LogP contribution is 2.72. The Kier molecular flexibility index (Phi) is 29.2. The molecule has 4 heterocycles.